The van der Waals surface area contributed by atoms with Gasteiger partial charge in [0.2, 0.25) is 0 Å². The van der Waals surface area contributed by atoms with Gasteiger partial charge in [-0.3, -0.25) is 0 Å². The van der Waals surface area contributed by atoms with Gasteiger partial charge in [0.1, 0.15) is 5.82 Å². The van der Waals surface area contributed by atoms with E-state index in [0.717, 1.165) is 12.1 Å². The molecule has 1 aromatic rings. The fourth-order valence-electron chi connectivity index (χ4n) is 2.17. The molecule has 17 heavy (non-hydrogen) atoms. The van der Waals surface area contributed by atoms with Crippen LogP contribution in [0.15, 0.2) is 18.2 Å². The highest BCUT2D eigenvalue weighted by Crippen LogP contribution is 2.60. The van der Waals surface area contributed by atoms with Crippen LogP contribution < -0.4 is 5.73 Å². The molecule has 0 aromatic heterocycles. The van der Waals surface area contributed by atoms with E-state index in [9.17, 15) is 17.6 Å². The average Bonchev–Trinajstić information content (AvgIpc) is 2.64. The van der Waals surface area contributed by atoms with E-state index in [1.165, 1.54) is 0 Å². The molecule has 0 spiro atoms. The maximum atomic E-state index is 13.7. The predicted molar refractivity (Wildman–Crippen MR) is 55.7 cm³/mol. The van der Waals surface area contributed by atoms with Crippen molar-refractivity contribution in [2.24, 2.45) is 11.1 Å². The molecule has 5 heteroatoms. The van der Waals surface area contributed by atoms with Crippen LogP contribution in [0.4, 0.5) is 17.6 Å². The van der Waals surface area contributed by atoms with Crippen LogP contribution in [-0.2, 0) is 11.7 Å². The summed E-state index contributed by atoms with van der Waals surface area (Å²) >= 11 is 0. The summed E-state index contributed by atoms with van der Waals surface area (Å²) < 4.78 is 50.8. The number of nitrogens with two attached hydrogens (primary N) is 1. The van der Waals surface area contributed by atoms with Crippen LogP contribution in [0.3, 0.4) is 0 Å². The molecule has 2 N–H and O–H groups in total. The van der Waals surface area contributed by atoms with Gasteiger partial charge in [0, 0.05) is 11.1 Å². The molecular formula is C12H13F4N. The first-order chi connectivity index (χ1) is 7.58. The van der Waals surface area contributed by atoms with E-state index in [-0.39, 0.29) is 11.0 Å². The van der Waals surface area contributed by atoms with Crippen molar-refractivity contribution in [2.75, 3.05) is 0 Å². The van der Waals surface area contributed by atoms with Gasteiger partial charge in [-0.1, -0.05) is 19.9 Å². The summed E-state index contributed by atoms with van der Waals surface area (Å²) in [5.41, 5.74) is 4.05. The molecule has 1 atom stereocenters. The molecule has 0 aliphatic heterocycles. The number of alkyl halides is 3. The maximum absolute atomic E-state index is 13.7. The summed E-state index contributed by atoms with van der Waals surface area (Å²) in [6.07, 6.45) is -3.96. The molecule has 0 bridgehead atoms. The second-order valence-electron chi connectivity index (χ2n) is 5.22. The molecule has 1 unspecified atom stereocenters. The highest BCUT2D eigenvalue weighted by molar-refractivity contribution is 5.38. The van der Waals surface area contributed by atoms with E-state index in [1.54, 1.807) is 0 Å². The zero-order valence-electron chi connectivity index (χ0n) is 9.53. The van der Waals surface area contributed by atoms with Gasteiger partial charge < -0.3 is 5.73 Å². The first-order valence-electron chi connectivity index (χ1n) is 5.24. The topological polar surface area (TPSA) is 26.0 Å². The molecule has 1 aromatic carbocycles. The molecule has 94 valence electrons. The Balaban J connectivity index is 2.41. The third kappa shape index (κ3) is 1.82. The third-order valence-electron chi connectivity index (χ3n) is 3.58. The molecule has 1 nitrogen and oxygen atoms in total. The van der Waals surface area contributed by atoms with E-state index in [1.807, 2.05) is 13.8 Å². The van der Waals surface area contributed by atoms with Gasteiger partial charge in [-0.05, 0) is 24.0 Å². The summed E-state index contributed by atoms with van der Waals surface area (Å²) in [5, 5.41) is 0. The average molecular weight is 247 g/mol. The van der Waals surface area contributed by atoms with E-state index in [2.05, 4.69) is 0 Å². The van der Waals surface area contributed by atoms with Gasteiger partial charge in [0.25, 0.3) is 0 Å². The third-order valence-corrected chi connectivity index (χ3v) is 3.58. The SMILES string of the molecule is CC1(C)CC1(N)c1ccc(C(F)(F)F)cc1F. The van der Waals surface area contributed by atoms with Crippen LogP contribution in [0.1, 0.15) is 31.4 Å². The summed E-state index contributed by atoms with van der Waals surface area (Å²) in [6, 6.07) is 2.53. The van der Waals surface area contributed by atoms with Gasteiger partial charge >= 0.3 is 6.18 Å². The highest BCUT2D eigenvalue weighted by Gasteiger charge is 2.60. The van der Waals surface area contributed by atoms with Gasteiger partial charge in [-0.2, -0.15) is 13.2 Å². The Bertz CT molecular complexity index is 464. The standard InChI is InChI=1S/C12H13F4N/c1-10(2)6-11(10,17)8-4-3-7(5-9(8)13)12(14,15)16/h3-5H,6,17H2,1-2H3. The van der Waals surface area contributed by atoms with Crippen molar-refractivity contribution in [2.45, 2.75) is 32.0 Å². The first kappa shape index (κ1) is 12.4. The Labute approximate surface area is 96.6 Å². The zero-order chi connectivity index (χ0) is 13.1. The maximum Gasteiger partial charge on any atom is 0.416 e. The van der Waals surface area contributed by atoms with E-state index in [4.69, 9.17) is 5.73 Å². The molecule has 0 radical (unpaired) electrons. The van der Waals surface area contributed by atoms with Crippen molar-refractivity contribution in [3.8, 4) is 0 Å². The summed E-state index contributed by atoms with van der Waals surface area (Å²) in [7, 11) is 0. The molecule has 0 saturated heterocycles. The summed E-state index contributed by atoms with van der Waals surface area (Å²) in [6.45, 7) is 3.73. The number of hydrogen-bond donors (Lipinski definition) is 1. The molecule has 1 aliphatic carbocycles. The van der Waals surface area contributed by atoms with Gasteiger partial charge in [0.05, 0.1) is 5.56 Å². The van der Waals surface area contributed by atoms with Crippen molar-refractivity contribution in [3.63, 3.8) is 0 Å². The van der Waals surface area contributed by atoms with Crippen molar-refractivity contribution >= 4 is 0 Å². The molecule has 2 rings (SSSR count). The fourth-order valence-corrected chi connectivity index (χ4v) is 2.17. The molecule has 0 heterocycles. The second kappa shape index (κ2) is 3.22. The first-order valence-corrected chi connectivity index (χ1v) is 5.24. The zero-order valence-corrected chi connectivity index (χ0v) is 9.53. The summed E-state index contributed by atoms with van der Waals surface area (Å²) in [5.74, 6) is -0.882. The molecule has 1 aliphatic rings. The van der Waals surface area contributed by atoms with Crippen molar-refractivity contribution < 1.29 is 17.6 Å². The molecule has 1 fully saturated rings. The van der Waals surface area contributed by atoms with Crippen LogP contribution in [0.2, 0.25) is 0 Å². The van der Waals surface area contributed by atoms with E-state index < -0.39 is 23.1 Å². The summed E-state index contributed by atoms with van der Waals surface area (Å²) in [4.78, 5) is 0. The Morgan fingerprint density at radius 2 is 1.76 bits per heavy atom. The van der Waals surface area contributed by atoms with Gasteiger partial charge in [-0.15, -0.1) is 0 Å². The van der Waals surface area contributed by atoms with Crippen LogP contribution in [0, 0.1) is 11.2 Å². The lowest BCUT2D eigenvalue weighted by molar-refractivity contribution is -0.137. The Morgan fingerprint density at radius 1 is 1.24 bits per heavy atom. The predicted octanol–water partition coefficient (Wildman–Crippen LogP) is 3.43. The minimum Gasteiger partial charge on any atom is -0.321 e. The molecule has 0 amide bonds. The van der Waals surface area contributed by atoms with Gasteiger partial charge in [-0.25, -0.2) is 4.39 Å². The smallest absolute Gasteiger partial charge is 0.321 e. The lowest BCUT2D eigenvalue weighted by Crippen LogP contribution is -2.27. The molecule has 1 saturated carbocycles. The van der Waals surface area contributed by atoms with Crippen LogP contribution >= 0.6 is 0 Å². The van der Waals surface area contributed by atoms with Gasteiger partial charge in [0.15, 0.2) is 0 Å². The quantitative estimate of drug-likeness (QED) is 0.756. The lowest BCUT2D eigenvalue weighted by atomic mass is 9.95. The number of hydrogen-bond acceptors (Lipinski definition) is 1. The van der Waals surface area contributed by atoms with Crippen molar-refractivity contribution in [1.82, 2.24) is 0 Å². The minimum absolute atomic E-state index is 0.163. The van der Waals surface area contributed by atoms with Crippen LogP contribution in [-0.4, -0.2) is 0 Å². The van der Waals surface area contributed by atoms with E-state index in [0.29, 0.717) is 12.5 Å². The monoisotopic (exact) mass is 247 g/mol. The van der Waals surface area contributed by atoms with Crippen molar-refractivity contribution in [1.29, 1.82) is 0 Å². The van der Waals surface area contributed by atoms with Crippen LogP contribution in [0.25, 0.3) is 0 Å². The second-order valence-corrected chi connectivity index (χ2v) is 5.22. The fraction of sp³-hybridized carbons (Fsp3) is 0.500. The Kier molecular flexibility index (Phi) is 2.34. The number of rotatable bonds is 1. The Morgan fingerprint density at radius 3 is 2.12 bits per heavy atom. The Hall–Kier alpha value is -1.10. The minimum atomic E-state index is -4.53. The van der Waals surface area contributed by atoms with Crippen molar-refractivity contribution in [3.05, 3.63) is 35.1 Å². The largest absolute Gasteiger partial charge is 0.416 e. The molecular weight excluding hydrogens is 234 g/mol. The normalized spacial score (nSPS) is 27.0. The highest BCUT2D eigenvalue weighted by atomic mass is 19.4. The number of halogens is 4. The van der Waals surface area contributed by atoms with Crippen LogP contribution in [0.5, 0.6) is 0 Å². The van der Waals surface area contributed by atoms with E-state index >= 15 is 0 Å². The number of benzene rings is 1. The lowest BCUT2D eigenvalue weighted by Gasteiger charge is -2.17.